The summed E-state index contributed by atoms with van der Waals surface area (Å²) in [5, 5.41) is 18.9. The standard InChI is InChI=1S/C63H89N7O13S/c1-9-67(10-2)45-26-28-51-55(39-45)83-56-40-46(68(11-3)12-4)27-29-52(56)59(51)49-22-16-17-23-50(49)62(77)70-34-32-69(33-35-70)58(74)25-19-18-24-57(73)65-54(41-84(80,81)82)61(76)64-31-30-47(71)20-14-13-15-21-48(72)38-44(36-42(5)6)60(75)66-53(63(78)79)37-43(7)8/h16-17,22-23,26-29,39-40,42-44,53-54H,9-15,18-21,24-25,30-38,41H2,1-8H3,(H4-,64,65,66,73,75,76,78,79,80,81,82)/p+1/t44-,53+,54+/m1/s1. The number of fused-ring (bicyclic) bond motifs is 2. The zero-order valence-corrected chi connectivity index (χ0v) is 51.3. The summed E-state index contributed by atoms with van der Waals surface area (Å²) >= 11 is 0. The predicted octanol–water partition coefficient (Wildman–Crippen LogP) is 7.34. The van der Waals surface area contributed by atoms with Crippen LogP contribution in [0.25, 0.3) is 33.4 Å². The van der Waals surface area contributed by atoms with Crippen LogP contribution >= 0.6 is 0 Å². The van der Waals surface area contributed by atoms with Crippen LogP contribution in [0.4, 0.5) is 5.69 Å². The van der Waals surface area contributed by atoms with Gasteiger partial charge in [0.25, 0.3) is 16.0 Å². The number of unbranched alkanes of at least 4 members (excludes halogenated alkanes) is 3. The average molecular weight is 1190 g/mol. The van der Waals surface area contributed by atoms with Crippen LogP contribution in [0.3, 0.4) is 0 Å². The van der Waals surface area contributed by atoms with E-state index >= 15 is 0 Å². The molecule has 0 radical (unpaired) electrons. The summed E-state index contributed by atoms with van der Waals surface area (Å²) in [6, 6.07) is 17.4. The van der Waals surface area contributed by atoms with Crippen LogP contribution in [0.15, 0.2) is 65.1 Å². The zero-order chi connectivity index (χ0) is 61.7. The molecule has 21 heteroatoms. The molecule has 3 aliphatic rings. The Morgan fingerprint density at radius 1 is 0.679 bits per heavy atom. The van der Waals surface area contributed by atoms with Crippen LogP contribution in [-0.4, -0.2) is 152 Å². The maximum atomic E-state index is 14.5. The molecular weight excluding hydrogens is 1090 g/mol. The van der Waals surface area contributed by atoms with Gasteiger partial charge in [0.05, 0.1) is 6.07 Å². The van der Waals surface area contributed by atoms with E-state index in [0.717, 1.165) is 59.3 Å². The number of carbonyl (C=O) groups excluding carboxylic acids is 7. The van der Waals surface area contributed by atoms with Gasteiger partial charge in [-0.2, -0.15) is 8.42 Å². The number of nitrogens with one attached hydrogen (secondary N) is 3. The molecule has 0 spiro atoms. The first-order chi connectivity index (χ1) is 40.0. The Balaban J connectivity index is 1.06. The van der Waals surface area contributed by atoms with Crippen molar-refractivity contribution in [3.63, 3.8) is 0 Å². The van der Waals surface area contributed by atoms with Crippen LogP contribution in [0.1, 0.15) is 149 Å². The molecule has 0 bridgehead atoms. The van der Waals surface area contributed by atoms with Gasteiger partial charge >= 0.3 is 5.97 Å². The number of carboxylic acids is 1. The second kappa shape index (κ2) is 32.9. The molecule has 20 nitrogen and oxygen atoms in total. The molecule has 5 N–H and O–H groups in total. The van der Waals surface area contributed by atoms with Gasteiger partial charge in [-0.05, 0) is 108 Å². The number of aliphatic carboxylic acids is 1. The van der Waals surface area contributed by atoms with E-state index < -0.39 is 57.6 Å². The van der Waals surface area contributed by atoms with Crippen molar-refractivity contribution < 1.29 is 60.9 Å². The van der Waals surface area contributed by atoms with E-state index in [9.17, 15) is 56.4 Å². The number of amides is 5. The van der Waals surface area contributed by atoms with Crippen molar-refractivity contribution >= 4 is 73.8 Å². The molecule has 2 aliphatic heterocycles. The summed E-state index contributed by atoms with van der Waals surface area (Å²) in [5.74, 6) is -4.64. The highest BCUT2D eigenvalue weighted by Crippen LogP contribution is 2.42. The van der Waals surface area contributed by atoms with Crippen LogP contribution < -0.4 is 30.8 Å². The minimum atomic E-state index is -4.71. The fourth-order valence-corrected chi connectivity index (χ4v) is 11.6. The summed E-state index contributed by atoms with van der Waals surface area (Å²) < 4.78 is 42.2. The molecule has 3 atom stereocenters. The number of rotatable bonds is 34. The van der Waals surface area contributed by atoms with Crippen LogP contribution in [0.5, 0.6) is 0 Å². The van der Waals surface area contributed by atoms with E-state index in [0.29, 0.717) is 75.2 Å². The van der Waals surface area contributed by atoms with Gasteiger partial charge in [-0.1, -0.05) is 52.3 Å². The lowest BCUT2D eigenvalue weighted by molar-refractivity contribution is -0.143. The third kappa shape index (κ3) is 20.4. The monoisotopic (exact) mass is 1180 g/mol. The van der Waals surface area contributed by atoms with Gasteiger partial charge in [-0.3, -0.25) is 38.1 Å². The van der Waals surface area contributed by atoms with E-state index in [1.165, 1.54) is 0 Å². The molecule has 2 heterocycles. The van der Waals surface area contributed by atoms with Crippen molar-refractivity contribution in [1.82, 2.24) is 30.3 Å². The molecule has 2 aromatic carbocycles. The molecule has 0 unspecified atom stereocenters. The molecule has 2 aromatic rings. The van der Waals surface area contributed by atoms with Gasteiger partial charge in [0.1, 0.15) is 53.8 Å². The first-order valence-corrected chi connectivity index (χ1v) is 31.7. The highest BCUT2D eigenvalue weighted by atomic mass is 32.2. The fourth-order valence-electron chi connectivity index (χ4n) is 10.9. The average Bonchev–Trinajstić information content (AvgIpc) is 1.02. The number of carbonyl (C=O) groups is 8. The largest absolute Gasteiger partial charge is 0.480 e. The molecule has 0 aromatic heterocycles. The van der Waals surface area contributed by atoms with Gasteiger partial charge in [0, 0.05) is 130 Å². The van der Waals surface area contributed by atoms with Crippen molar-refractivity contribution in [2.45, 2.75) is 151 Å². The van der Waals surface area contributed by atoms with Crippen molar-refractivity contribution in [1.29, 1.82) is 0 Å². The highest BCUT2D eigenvalue weighted by molar-refractivity contribution is 7.85. The second-order valence-corrected chi connectivity index (χ2v) is 24.2. The molecule has 0 saturated carbocycles. The van der Waals surface area contributed by atoms with Crippen LogP contribution in [0, 0.1) is 17.8 Å². The Kier molecular flexibility index (Phi) is 26.5. The van der Waals surface area contributed by atoms with Crippen LogP contribution in [-0.2, 0) is 43.7 Å². The molecule has 5 rings (SSSR count). The number of anilines is 1. The van der Waals surface area contributed by atoms with E-state index in [4.69, 9.17) is 4.42 Å². The minimum absolute atomic E-state index is 0.0120. The maximum absolute atomic E-state index is 14.5. The first kappa shape index (κ1) is 67.8. The molecular formula is C63H90N7O13S+. The molecule has 84 heavy (non-hydrogen) atoms. The summed E-state index contributed by atoms with van der Waals surface area (Å²) in [6.45, 7) is 20.5. The number of Topliss-reactive ketones (excluding diaryl/α,β-unsaturated/α-hetero) is 2. The van der Waals surface area contributed by atoms with E-state index in [1.54, 1.807) is 9.80 Å². The first-order valence-electron chi connectivity index (χ1n) is 30.1. The predicted molar refractivity (Wildman–Crippen MR) is 325 cm³/mol. The zero-order valence-electron chi connectivity index (χ0n) is 50.5. The quantitative estimate of drug-likeness (QED) is 0.0133. The number of carboxylic acid groups (broad SMARTS) is 1. The van der Waals surface area contributed by atoms with E-state index in [2.05, 4.69) is 89.5 Å². The SMILES string of the molecule is CCN(CC)c1ccc2c(-c3ccccc3C(=O)N3CCN(C(=O)CCCCC(=O)N[C@@H](CS(=O)(=O)O)C(=O)NCCC(=O)CCCCCC(=O)C[C@@H](CC(C)C)C(=O)N[C@@H](CC(C)C)C(=O)O)CC3)c3ccc(=[N+](CC)CC)cc-3oc2c1. The van der Waals surface area contributed by atoms with Crippen molar-refractivity contribution in [2.24, 2.45) is 17.8 Å². The van der Waals surface area contributed by atoms with Gasteiger partial charge in [0.2, 0.25) is 29.0 Å². The summed E-state index contributed by atoms with van der Waals surface area (Å²) in [7, 11) is -4.71. The maximum Gasteiger partial charge on any atom is 0.326 e. The number of nitrogens with zero attached hydrogens (tertiary/aromatic N) is 4. The minimum Gasteiger partial charge on any atom is -0.480 e. The molecule has 1 saturated heterocycles. The third-order valence-electron chi connectivity index (χ3n) is 15.4. The number of benzene rings is 3. The fraction of sp³-hybridized carbons (Fsp3) is 0.571. The summed E-state index contributed by atoms with van der Waals surface area (Å²) in [4.78, 5) is 110. The van der Waals surface area contributed by atoms with Crippen LogP contribution in [0.2, 0.25) is 0 Å². The normalized spacial score (nSPS) is 13.8. The van der Waals surface area contributed by atoms with Crippen molar-refractivity contribution in [2.75, 3.05) is 69.6 Å². The Labute approximate surface area is 495 Å². The lowest BCUT2D eigenvalue weighted by Gasteiger charge is -2.35. The smallest absolute Gasteiger partial charge is 0.326 e. The highest BCUT2D eigenvalue weighted by Gasteiger charge is 2.31. The Hall–Kier alpha value is -7.00. The molecule has 5 amide bonds. The number of hydrogen-bond donors (Lipinski definition) is 5. The van der Waals surface area contributed by atoms with E-state index in [-0.39, 0.29) is 93.1 Å². The summed E-state index contributed by atoms with van der Waals surface area (Å²) in [5.41, 5.74) is 4.85. The van der Waals surface area contributed by atoms with Crippen molar-refractivity contribution in [3.05, 3.63) is 71.6 Å². The Bertz CT molecular complexity index is 3080. The van der Waals surface area contributed by atoms with Gasteiger partial charge in [-0.25, -0.2) is 9.37 Å². The van der Waals surface area contributed by atoms with E-state index in [1.807, 2.05) is 52.0 Å². The number of piperazine rings is 1. The third-order valence-corrected chi connectivity index (χ3v) is 16.2. The van der Waals surface area contributed by atoms with Crippen molar-refractivity contribution in [3.8, 4) is 22.5 Å². The van der Waals surface area contributed by atoms with Gasteiger partial charge < -0.3 is 40.2 Å². The Morgan fingerprint density at radius 2 is 1.31 bits per heavy atom. The molecule has 1 fully saturated rings. The lowest BCUT2D eigenvalue weighted by Crippen LogP contribution is -2.50. The molecule has 1 aliphatic carbocycles. The second-order valence-electron chi connectivity index (χ2n) is 22.7. The summed E-state index contributed by atoms with van der Waals surface area (Å²) in [6.07, 6.45) is 2.99. The topological polar surface area (TPSA) is 273 Å². The molecule has 460 valence electrons. The number of ketones is 2. The van der Waals surface area contributed by atoms with Gasteiger partial charge in [-0.15, -0.1) is 0 Å². The number of hydrogen-bond acceptors (Lipinski definition) is 12. The Morgan fingerprint density at radius 3 is 1.94 bits per heavy atom. The van der Waals surface area contributed by atoms with Gasteiger partial charge in [0.15, 0.2) is 0 Å². The lowest BCUT2D eigenvalue weighted by atomic mass is 9.89.